The summed E-state index contributed by atoms with van der Waals surface area (Å²) in [5, 5.41) is 8.30. The summed E-state index contributed by atoms with van der Waals surface area (Å²) in [4.78, 5) is 0.156. The van der Waals surface area contributed by atoms with Crippen LogP contribution >= 0.6 is 0 Å². The quantitative estimate of drug-likeness (QED) is 0.819. The number of rotatable bonds is 6. The summed E-state index contributed by atoms with van der Waals surface area (Å²) >= 11 is 0. The first kappa shape index (κ1) is 14.0. The van der Waals surface area contributed by atoms with Crippen molar-refractivity contribution < 1.29 is 8.42 Å². The van der Waals surface area contributed by atoms with E-state index in [2.05, 4.69) is 19.2 Å². The SMILES string of the molecule is CCCC(C)CNc1ccccc1S(N)(=O)=O. The van der Waals surface area contributed by atoms with Crippen LogP contribution in [0.3, 0.4) is 0 Å². The average molecular weight is 256 g/mol. The molecule has 0 aliphatic heterocycles. The van der Waals surface area contributed by atoms with Crippen LogP contribution in [0.4, 0.5) is 5.69 Å². The summed E-state index contributed by atoms with van der Waals surface area (Å²) in [7, 11) is -3.66. The lowest BCUT2D eigenvalue weighted by Gasteiger charge is -2.14. The number of hydrogen-bond acceptors (Lipinski definition) is 3. The molecule has 1 rings (SSSR count). The molecule has 0 aromatic heterocycles. The van der Waals surface area contributed by atoms with Gasteiger partial charge >= 0.3 is 0 Å². The Hall–Kier alpha value is -1.07. The van der Waals surface area contributed by atoms with E-state index in [0.717, 1.165) is 19.4 Å². The topological polar surface area (TPSA) is 72.2 Å². The molecule has 0 spiro atoms. The van der Waals surface area contributed by atoms with Crippen molar-refractivity contribution in [3.05, 3.63) is 24.3 Å². The van der Waals surface area contributed by atoms with Gasteiger partial charge in [-0.05, 0) is 24.5 Å². The lowest BCUT2D eigenvalue weighted by Crippen LogP contribution is -2.17. The highest BCUT2D eigenvalue weighted by Gasteiger charge is 2.13. The van der Waals surface area contributed by atoms with Gasteiger partial charge in [-0.1, -0.05) is 32.4 Å². The molecule has 0 saturated heterocycles. The number of benzene rings is 1. The van der Waals surface area contributed by atoms with Gasteiger partial charge in [-0.25, -0.2) is 13.6 Å². The summed E-state index contributed by atoms with van der Waals surface area (Å²) in [6.07, 6.45) is 2.24. The standard InChI is InChI=1S/C12H20N2O2S/c1-3-6-10(2)9-14-11-7-4-5-8-12(11)17(13,15)16/h4-5,7-8,10,14H,3,6,9H2,1-2H3,(H2,13,15,16). The largest absolute Gasteiger partial charge is 0.384 e. The fraction of sp³-hybridized carbons (Fsp3) is 0.500. The van der Waals surface area contributed by atoms with Gasteiger partial charge in [0, 0.05) is 6.54 Å². The van der Waals surface area contributed by atoms with Gasteiger partial charge in [-0.3, -0.25) is 0 Å². The van der Waals surface area contributed by atoms with Crippen LogP contribution in [-0.2, 0) is 10.0 Å². The highest BCUT2D eigenvalue weighted by atomic mass is 32.2. The summed E-state index contributed by atoms with van der Waals surface area (Å²) in [5.41, 5.74) is 0.581. The van der Waals surface area contributed by atoms with Gasteiger partial charge in [0.05, 0.1) is 5.69 Å². The summed E-state index contributed by atoms with van der Waals surface area (Å²) < 4.78 is 22.7. The number of para-hydroxylation sites is 1. The van der Waals surface area contributed by atoms with Crippen molar-refractivity contribution in [1.29, 1.82) is 0 Å². The minimum atomic E-state index is -3.66. The Bertz CT molecular complexity index is 457. The Kier molecular flexibility index (Phi) is 4.96. The highest BCUT2D eigenvalue weighted by Crippen LogP contribution is 2.19. The van der Waals surface area contributed by atoms with Crippen molar-refractivity contribution >= 4 is 15.7 Å². The number of nitrogens with one attached hydrogen (secondary N) is 1. The zero-order valence-corrected chi connectivity index (χ0v) is 11.1. The maximum atomic E-state index is 11.4. The van der Waals surface area contributed by atoms with Crippen molar-refractivity contribution in [2.75, 3.05) is 11.9 Å². The second-order valence-corrected chi connectivity index (χ2v) is 5.85. The molecule has 0 radical (unpaired) electrons. The zero-order valence-electron chi connectivity index (χ0n) is 10.3. The van der Waals surface area contributed by atoms with E-state index < -0.39 is 10.0 Å². The molecule has 0 fully saturated rings. The molecule has 0 saturated carbocycles. The van der Waals surface area contributed by atoms with Crippen LogP contribution in [0, 0.1) is 5.92 Å². The van der Waals surface area contributed by atoms with Gasteiger partial charge in [0.25, 0.3) is 0 Å². The molecule has 0 heterocycles. The predicted molar refractivity (Wildman–Crippen MR) is 70.4 cm³/mol. The van der Waals surface area contributed by atoms with Crippen LogP contribution in [0.25, 0.3) is 0 Å². The fourth-order valence-corrected chi connectivity index (χ4v) is 2.45. The van der Waals surface area contributed by atoms with Crippen molar-refractivity contribution in [3.8, 4) is 0 Å². The molecule has 1 aromatic rings. The van der Waals surface area contributed by atoms with E-state index in [1.165, 1.54) is 6.07 Å². The molecule has 4 nitrogen and oxygen atoms in total. The van der Waals surface area contributed by atoms with Gasteiger partial charge in [-0.2, -0.15) is 0 Å². The fourth-order valence-electron chi connectivity index (χ4n) is 1.74. The minimum absolute atomic E-state index is 0.156. The second-order valence-electron chi connectivity index (χ2n) is 4.32. The van der Waals surface area contributed by atoms with E-state index in [4.69, 9.17) is 5.14 Å². The average Bonchev–Trinajstić information content (AvgIpc) is 2.26. The van der Waals surface area contributed by atoms with Gasteiger partial charge in [0.15, 0.2) is 0 Å². The predicted octanol–water partition coefficient (Wildman–Crippen LogP) is 2.18. The van der Waals surface area contributed by atoms with Crippen LogP contribution in [0.2, 0.25) is 0 Å². The van der Waals surface area contributed by atoms with Gasteiger partial charge in [0.1, 0.15) is 4.90 Å². The molecular weight excluding hydrogens is 236 g/mol. The third-order valence-corrected chi connectivity index (χ3v) is 3.59. The molecular formula is C12H20N2O2S. The molecule has 3 N–H and O–H groups in total. The molecule has 1 aromatic carbocycles. The van der Waals surface area contributed by atoms with Crippen molar-refractivity contribution in [2.24, 2.45) is 11.1 Å². The van der Waals surface area contributed by atoms with Crippen LogP contribution in [-0.4, -0.2) is 15.0 Å². The van der Waals surface area contributed by atoms with E-state index in [-0.39, 0.29) is 4.90 Å². The molecule has 1 atom stereocenters. The van der Waals surface area contributed by atoms with Crippen molar-refractivity contribution in [1.82, 2.24) is 0 Å². The third-order valence-electron chi connectivity index (χ3n) is 2.62. The number of nitrogens with two attached hydrogens (primary N) is 1. The molecule has 0 aliphatic carbocycles. The lowest BCUT2D eigenvalue weighted by molar-refractivity contribution is 0.550. The first-order valence-electron chi connectivity index (χ1n) is 5.81. The van der Waals surface area contributed by atoms with Crippen LogP contribution < -0.4 is 10.5 Å². The summed E-state index contributed by atoms with van der Waals surface area (Å²) in [6, 6.07) is 6.71. The smallest absolute Gasteiger partial charge is 0.240 e. The number of anilines is 1. The molecule has 0 amide bonds. The summed E-state index contributed by atoms with van der Waals surface area (Å²) in [5.74, 6) is 0.508. The van der Waals surface area contributed by atoms with E-state index in [0.29, 0.717) is 11.6 Å². The molecule has 5 heteroatoms. The Morgan fingerprint density at radius 1 is 1.35 bits per heavy atom. The number of primary sulfonamides is 1. The maximum Gasteiger partial charge on any atom is 0.240 e. The van der Waals surface area contributed by atoms with Crippen LogP contribution in [0.5, 0.6) is 0 Å². The normalized spacial score (nSPS) is 13.4. The Morgan fingerprint density at radius 3 is 2.59 bits per heavy atom. The monoisotopic (exact) mass is 256 g/mol. The van der Waals surface area contributed by atoms with Crippen molar-refractivity contribution in [3.63, 3.8) is 0 Å². The molecule has 0 aliphatic rings. The Labute approximate surface area is 103 Å². The van der Waals surface area contributed by atoms with Gasteiger partial charge in [-0.15, -0.1) is 0 Å². The zero-order chi connectivity index (χ0) is 12.9. The van der Waals surface area contributed by atoms with Gasteiger partial charge < -0.3 is 5.32 Å². The van der Waals surface area contributed by atoms with E-state index in [1.54, 1.807) is 18.2 Å². The summed E-state index contributed by atoms with van der Waals surface area (Å²) in [6.45, 7) is 5.02. The Balaban J connectivity index is 2.78. The highest BCUT2D eigenvalue weighted by molar-refractivity contribution is 7.89. The van der Waals surface area contributed by atoms with Gasteiger partial charge in [0.2, 0.25) is 10.0 Å². The second kappa shape index (κ2) is 6.02. The van der Waals surface area contributed by atoms with Crippen LogP contribution in [0.1, 0.15) is 26.7 Å². The Morgan fingerprint density at radius 2 is 2.00 bits per heavy atom. The van der Waals surface area contributed by atoms with E-state index >= 15 is 0 Å². The minimum Gasteiger partial charge on any atom is -0.384 e. The molecule has 0 bridgehead atoms. The molecule has 96 valence electrons. The molecule has 1 unspecified atom stereocenters. The van der Waals surface area contributed by atoms with E-state index in [1.807, 2.05) is 0 Å². The first-order valence-corrected chi connectivity index (χ1v) is 7.35. The van der Waals surface area contributed by atoms with E-state index in [9.17, 15) is 8.42 Å². The number of sulfonamides is 1. The first-order chi connectivity index (χ1) is 7.95. The maximum absolute atomic E-state index is 11.4. The third kappa shape index (κ3) is 4.36. The van der Waals surface area contributed by atoms with Crippen LogP contribution in [0.15, 0.2) is 29.2 Å². The number of hydrogen-bond donors (Lipinski definition) is 2. The van der Waals surface area contributed by atoms with Crippen molar-refractivity contribution in [2.45, 2.75) is 31.6 Å². The molecule has 17 heavy (non-hydrogen) atoms. The lowest BCUT2D eigenvalue weighted by atomic mass is 10.1.